The molecule has 6 nitrogen and oxygen atoms in total. The van der Waals surface area contributed by atoms with Crippen molar-refractivity contribution in [3.8, 4) is 5.82 Å². The molecule has 3 rings (SSSR count). The van der Waals surface area contributed by atoms with E-state index in [-0.39, 0.29) is 16.9 Å². The van der Waals surface area contributed by atoms with Gasteiger partial charge in [0.15, 0.2) is 11.5 Å². The van der Waals surface area contributed by atoms with Crippen LogP contribution in [0.15, 0.2) is 18.3 Å². The largest absolute Gasteiger partial charge is 0.383 e. The van der Waals surface area contributed by atoms with Crippen LogP contribution >= 0.6 is 0 Å². The molecule has 0 aliphatic rings. The van der Waals surface area contributed by atoms with Gasteiger partial charge in [-0.1, -0.05) is 0 Å². The standard InChI is InChI=1S/C11H10F2N6/c1-5-2-3-15-6(4-5)19-11-7(10(14)16-17-11)8(18-19)9(12)13/h2-4,9H,1H3,(H3,14,16,17). The van der Waals surface area contributed by atoms with Crippen molar-refractivity contribution in [2.75, 3.05) is 5.73 Å². The van der Waals surface area contributed by atoms with Crippen molar-refractivity contribution in [3.63, 3.8) is 0 Å². The van der Waals surface area contributed by atoms with Gasteiger partial charge in [-0.15, -0.1) is 0 Å². The molecule has 0 aliphatic heterocycles. The number of rotatable bonds is 2. The third kappa shape index (κ3) is 1.72. The summed E-state index contributed by atoms with van der Waals surface area (Å²) in [4.78, 5) is 4.10. The van der Waals surface area contributed by atoms with E-state index < -0.39 is 12.1 Å². The van der Waals surface area contributed by atoms with Crippen molar-refractivity contribution < 1.29 is 8.78 Å². The Labute approximate surface area is 106 Å². The molecule has 0 saturated carbocycles. The highest BCUT2D eigenvalue weighted by atomic mass is 19.3. The Bertz CT molecular complexity index is 745. The minimum Gasteiger partial charge on any atom is -0.383 e. The topological polar surface area (TPSA) is 85.4 Å². The van der Waals surface area contributed by atoms with Gasteiger partial charge in [-0.25, -0.2) is 13.8 Å². The van der Waals surface area contributed by atoms with Crippen LogP contribution in [-0.2, 0) is 0 Å². The van der Waals surface area contributed by atoms with Gasteiger partial charge in [-0.3, -0.25) is 5.10 Å². The first-order valence-corrected chi connectivity index (χ1v) is 5.51. The summed E-state index contributed by atoms with van der Waals surface area (Å²) >= 11 is 0. The Balaban J connectivity index is 2.30. The number of aryl methyl sites for hydroxylation is 1. The maximum atomic E-state index is 13.0. The molecule has 3 N–H and O–H groups in total. The summed E-state index contributed by atoms with van der Waals surface area (Å²) in [6, 6.07) is 3.53. The molecule has 0 radical (unpaired) electrons. The molecule has 0 bridgehead atoms. The first-order chi connectivity index (χ1) is 9.08. The first kappa shape index (κ1) is 11.6. The van der Waals surface area contributed by atoms with Gasteiger partial charge in [0.25, 0.3) is 6.43 Å². The molecule has 3 heterocycles. The molecule has 8 heteroatoms. The highest BCUT2D eigenvalue weighted by Crippen LogP contribution is 2.30. The van der Waals surface area contributed by atoms with E-state index in [1.165, 1.54) is 4.68 Å². The van der Waals surface area contributed by atoms with E-state index in [1.54, 1.807) is 18.3 Å². The molecule has 0 amide bonds. The normalized spacial score (nSPS) is 11.6. The minimum absolute atomic E-state index is 0.0733. The highest BCUT2D eigenvalue weighted by Gasteiger charge is 2.24. The van der Waals surface area contributed by atoms with E-state index in [2.05, 4.69) is 20.3 Å². The number of alkyl halides is 2. The lowest BCUT2D eigenvalue weighted by Gasteiger charge is -2.01. The SMILES string of the molecule is Cc1ccnc(-n2nc(C(F)F)c3c(N)[nH]nc32)c1. The summed E-state index contributed by atoms with van der Waals surface area (Å²) in [5.74, 6) is 0.493. The molecule has 98 valence electrons. The fraction of sp³-hybridized carbons (Fsp3) is 0.182. The van der Waals surface area contributed by atoms with Gasteiger partial charge >= 0.3 is 0 Å². The number of aromatic amines is 1. The Morgan fingerprint density at radius 2 is 2.21 bits per heavy atom. The number of halogens is 2. The fourth-order valence-electron chi connectivity index (χ4n) is 1.90. The van der Waals surface area contributed by atoms with E-state index in [0.717, 1.165) is 5.56 Å². The van der Waals surface area contributed by atoms with Gasteiger partial charge in [0.05, 0.1) is 5.39 Å². The van der Waals surface area contributed by atoms with Crippen molar-refractivity contribution in [3.05, 3.63) is 29.6 Å². The average molecular weight is 264 g/mol. The molecule has 19 heavy (non-hydrogen) atoms. The number of pyridine rings is 1. The van der Waals surface area contributed by atoms with Gasteiger partial charge < -0.3 is 5.73 Å². The Morgan fingerprint density at radius 1 is 1.42 bits per heavy atom. The van der Waals surface area contributed by atoms with Crippen molar-refractivity contribution in [1.82, 2.24) is 25.0 Å². The number of aromatic nitrogens is 5. The van der Waals surface area contributed by atoms with Crippen LogP contribution in [0.4, 0.5) is 14.6 Å². The fourth-order valence-corrected chi connectivity index (χ4v) is 1.90. The number of nitrogens with zero attached hydrogens (tertiary/aromatic N) is 4. The van der Waals surface area contributed by atoms with Crippen LogP contribution in [0.2, 0.25) is 0 Å². The predicted octanol–water partition coefficient (Wildman–Crippen LogP) is 1.97. The lowest BCUT2D eigenvalue weighted by Crippen LogP contribution is -2.01. The number of nitrogens with one attached hydrogen (secondary N) is 1. The van der Waals surface area contributed by atoms with Crippen molar-refractivity contribution in [2.45, 2.75) is 13.3 Å². The van der Waals surface area contributed by atoms with E-state index in [4.69, 9.17) is 5.73 Å². The molecule has 3 aromatic heterocycles. The van der Waals surface area contributed by atoms with Gasteiger partial charge in [-0.2, -0.15) is 14.9 Å². The van der Waals surface area contributed by atoms with Crippen LogP contribution in [0, 0.1) is 6.92 Å². The molecule has 0 unspecified atom stereocenters. The Hall–Kier alpha value is -2.51. The van der Waals surface area contributed by atoms with E-state index in [0.29, 0.717) is 5.82 Å². The minimum atomic E-state index is -2.73. The number of fused-ring (bicyclic) bond motifs is 1. The summed E-state index contributed by atoms with van der Waals surface area (Å²) < 4.78 is 27.2. The second kappa shape index (κ2) is 4.01. The Morgan fingerprint density at radius 3 is 2.89 bits per heavy atom. The van der Waals surface area contributed by atoms with Crippen molar-refractivity contribution in [2.24, 2.45) is 0 Å². The predicted molar refractivity (Wildman–Crippen MR) is 65.1 cm³/mol. The smallest absolute Gasteiger partial charge is 0.282 e. The number of hydrogen-bond donors (Lipinski definition) is 2. The lowest BCUT2D eigenvalue weighted by molar-refractivity contribution is 0.147. The summed E-state index contributed by atoms with van der Waals surface area (Å²) in [5.41, 5.74) is 6.39. The van der Waals surface area contributed by atoms with Crippen molar-refractivity contribution in [1.29, 1.82) is 0 Å². The number of H-pyrrole nitrogens is 1. The van der Waals surface area contributed by atoms with Crippen molar-refractivity contribution >= 4 is 16.9 Å². The first-order valence-electron chi connectivity index (χ1n) is 5.51. The maximum Gasteiger partial charge on any atom is 0.282 e. The molecular weight excluding hydrogens is 254 g/mol. The summed E-state index contributed by atoms with van der Waals surface area (Å²) in [7, 11) is 0. The van der Waals surface area contributed by atoms with E-state index in [9.17, 15) is 8.78 Å². The highest BCUT2D eigenvalue weighted by molar-refractivity contribution is 5.90. The summed E-state index contributed by atoms with van der Waals surface area (Å²) in [6.45, 7) is 1.87. The number of hydrogen-bond acceptors (Lipinski definition) is 4. The molecule has 0 spiro atoms. The molecule has 0 saturated heterocycles. The van der Waals surface area contributed by atoms with Gasteiger partial charge in [-0.05, 0) is 24.6 Å². The monoisotopic (exact) mass is 264 g/mol. The average Bonchev–Trinajstić information content (AvgIpc) is 2.90. The zero-order chi connectivity index (χ0) is 13.6. The van der Waals surface area contributed by atoms with Crippen LogP contribution < -0.4 is 5.73 Å². The Kier molecular flexibility index (Phi) is 2.44. The van der Waals surface area contributed by atoms with Gasteiger partial charge in [0.2, 0.25) is 0 Å². The molecule has 0 aliphatic carbocycles. The number of anilines is 1. The van der Waals surface area contributed by atoms with Crippen LogP contribution in [0.5, 0.6) is 0 Å². The van der Waals surface area contributed by atoms with Crippen LogP contribution in [-0.4, -0.2) is 25.0 Å². The van der Waals surface area contributed by atoms with E-state index in [1.807, 2.05) is 6.92 Å². The van der Waals surface area contributed by atoms with Gasteiger partial charge in [0.1, 0.15) is 11.5 Å². The summed E-state index contributed by atoms with van der Waals surface area (Å²) in [5, 5.41) is 10.4. The third-order valence-corrected chi connectivity index (χ3v) is 2.76. The zero-order valence-corrected chi connectivity index (χ0v) is 9.93. The second-order valence-electron chi connectivity index (χ2n) is 4.13. The van der Waals surface area contributed by atoms with Gasteiger partial charge in [0, 0.05) is 6.20 Å². The summed E-state index contributed by atoms with van der Waals surface area (Å²) in [6.07, 6.45) is -1.15. The number of nitrogens with two attached hydrogens (primary N) is 1. The quantitative estimate of drug-likeness (QED) is 0.741. The molecule has 3 aromatic rings. The maximum absolute atomic E-state index is 13.0. The third-order valence-electron chi connectivity index (χ3n) is 2.76. The molecular formula is C11H10F2N6. The molecule has 0 atom stereocenters. The zero-order valence-electron chi connectivity index (χ0n) is 9.93. The molecule has 0 aromatic carbocycles. The van der Waals surface area contributed by atoms with Crippen LogP contribution in [0.1, 0.15) is 17.7 Å². The second-order valence-corrected chi connectivity index (χ2v) is 4.13. The van der Waals surface area contributed by atoms with E-state index >= 15 is 0 Å². The van der Waals surface area contributed by atoms with Crippen LogP contribution in [0.3, 0.4) is 0 Å². The number of nitrogen functional groups attached to an aromatic ring is 1. The molecule has 0 fully saturated rings. The van der Waals surface area contributed by atoms with Crippen LogP contribution in [0.25, 0.3) is 16.9 Å². The lowest BCUT2D eigenvalue weighted by atomic mass is 10.3.